The predicted octanol–water partition coefficient (Wildman–Crippen LogP) is 5.80. The van der Waals surface area contributed by atoms with E-state index in [9.17, 15) is 4.79 Å². The number of hydrogen-bond donors (Lipinski definition) is 0. The summed E-state index contributed by atoms with van der Waals surface area (Å²) in [5.74, 6) is 2.05. The molecular weight excluding hydrogens is 270 g/mol. The van der Waals surface area contributed by atoms with Crippen LogP contribution in [0.3, 0.4) is 0 Å². The zero-order valence-corrected chi connectivity index (χ0v) is 15.4. The van der Waals surface area contributed by atoms with Gasteiger partial charge < -0.3 is 4.90 Å². The summed E-state index contributed by atoms with van der Waals surface area (Å²) in [4.78, 5) is 14.1. The molecule has 2 unspecified atom stereocenters. The molecule has 0 bridgehead atoms. The number of rotatable bonds is 11. The maximum atomic E-state index is 12.0. The van der Waals surface area contributed by atoms with Crippen molar-refractivity contribution < 1.29 is 4.79 Å². The Morgan fingerprint density at radius 2 is 1.59 bits per heavy atom. The lowest BCUT2D eigenvalue weighted by molar-refractivity contribution is -0.130. The highest BCUT2D eigenvalue weighted by Gasteiger charge is 2.17. The summed E-state index contributed by atoms with van der Waals surface area (Å²) in [5.41, 5.74) is 0. The first-order valence-electron chi connectivity index (χ1n) is 9.91. The van der Waals surface area contributed by atoms with Gasteiger partial charge in [0.05, 0.1) is 0 Å². The molecule has 2 nitrogen and oxygen atoms in total. The molecule has 130 valence electrons. The molecule has 1 fully saturated rings. The SMILES string of the molecule is CCCCCC(C)CCCC(C)CCN1CCCCCC1=O. The molecule has 1 aliphatic heterocycles. The highest BCUT2D eigenvalue weighted by molar-refractivity contribution is 5.76. The largest absolute Gasteiger partial charge is 0.343 e. The van der Waals surface area contributed by atoms with Gasteiger partial charge in [-0.2, -0.15) is 0 Å². The Hall–Kier alpha value is -0.530. The maximum absolute atomic E-state index is 12.0. The van der Waals surface area contributed by atoms with Crippen LogP contribution in [-0.4, -0.2) is 23.9 Å². The van der Waals surface area contributed by atoms with Gasteiger partial charge in [0.25, 0.3) is 0 Å². The molecule has 22 heavy (non-hydrogen) atoms. The molecule has 1 rings (SSSR count). The van der Waals surface area contributed by atoms with Crippen molar-refractivity contribution >= 4 is 5.91 Å². The molecular formula is C20H39NO. The van der Waals surface area contributed by atoms with Crippen molar-refractivity contribution in [3.63, 3.8) is 0 Å². The third kappa shape index (κ3) is 8.80. The van der Waals surface area contributed by atoms with Crippen LogP contribution >= 0.6 is 0 Å². The highest BCUT2D eigenvalue weighted by Crippen LogP contribution is 2.20. The first kappa shape index (κ1) is 19.5. The van der Waals surface area contributed by atoms with Crippen molar-refractivity contribution in [1.82, 2.24) is 4.90 Å². The van der Waals surface area contributed by atoms with Gasteiger partial charge in [0, 0.05) is 19.5 Å². The number of likely N-dealkylation sites (tertiary alicyclic amines) is 1. The van der Waals surface area contributed by atoms with E-state index in [0.29, 0.717) is 5.91 Å². The van der Waals surface area contributed by atoms with E-state index in [0.717, 1.165) is 37.8 Å². The number of carbonyl (C=O) groups excluding carboxylic acids is 1. The summed E-state index contributed by atoms with van der Waals surface area (Å²) in [7, 11) is 0. The molecule has 0 aromatic heterocycles. The van der Waals surface area contributed by atoms with Gasteiger partial charge in [-0.3, -0.25) is 4.79 Å². The smallest absolute Gasteiger partial charge is 0.222 e. The summed E-state index contributed by atoms with van der Waals surface area (Å²) >= 11 is 0. The molecule has 0 spiro atoms. The molecule has 1 aliphatic rings. The third-order valence-electron chi connectivity index (χ3n) is 5.26. The van der Waals surface area contributed by atoms with E-state index in [4.69, 9.17) is 0 Å². The zero-order valence-electron chi connectivity index (χ0n) is 15.4. The van der Waals surface area contributed by atoms with Crippen LogP contribution in [0.2, 0.25) is 0 Å². The van der Waals surface area contributed by atoms with E-state index in [1.165, 1.54) is 64.2 Å². The molecule has 0 aliphatic carbocycles. The Balaban J connectivity index is 2.07. The Bertz CT molecular complexity index is 289. The summed E-state index contributed by atoms with van der Waals surface area (Å²) in [5, 5.41) is 0. The average molecular weight is 310 g/mol. The molecule has 1 saturated heterocycles. The van der Waals surface area contributed by atoms with Crippen LogP contribution in [0.1, 0.15) is 97.8 Å². The van der Waals surface area contributed by atoms with E-state index in [1.54, 1.807) is 0 Å². The van der Waals surface area contributed by atoms with E-state index in [2.05, 4.69) is 25.7 Å². The summed E-state index contributed by atoms with van der Waals surface area (Å²) in [6.07, 6.45) is 15.1. The van der Waals surface area contributed by atoms with Crippen molar-refractivity contribution in [3.05, 3.63) is 0 Å². The summed E-state index contributed by atoms with van der Waals surface area (Å²) in [6.45, 7) is 9.05. The molecule has 0 aromatic carbocycles. The minimum Gasteiger partial charge on any atom is -0.343 e. The van der Waals surface area contributed by atoms with Crippen molar-refractivity contribution in [2.45, 2.75) is 97.8 Å². The van der Waals surface area contributed by atoms with Crippen LogP contribution in [0, 0.1) is 11.8 Å². The van der Waals surface area contributed by atoms with Gasteiger partial charge in [-0.25, -0.2) is 0 Å². The number of nitrogens with zero attached hydrogens (tertiary/aromatic N) is 1. The highest BCUT2D eigenvalue weighted by atomic mass is 16.2. The summed E-state index contributed by atoms with van der Waals surface area (Å²) < 4.78 is 0. The monoisotopic (exact) mass is 309 g/mol. The molecule has 0 N–H and O–H groups in total. The second-order valence-corrected chi connectivity index (χ2v) is 7.62. The fourth-order valence-corrected chi connectivity index (χ4v) is 3.50. The van der Waals surface area contributed by atoms with Gasteiger partial charge in [-0.05, 0) is 31.1 Å². The Kier molecular flexibility index (Phi) is 10.6. The van der Waals surface area contributed by atoms with Crippen LogP contribution in [0.4, 0.5) is 0 Å². The number of hydrogen-bond acceptors (Lipinski definition) is 1. The van der Waals surface area contributed by atoms with Crippen LogP contribution in [-0.2, 0) is 4.79 Å². The molecule has 1 amide bonds. The van der Waals surface area contributed by atoms with Crippen molar-refractivity contribution in [3.8, 4) is 0 Å². The molecule has 0 radical (unpaired) electrons. The minimum absolute atomic E-state index is 0.397. The molecule has 2 atom stereocenters. The van der Waals surface area contributed by atoms with Crippen LogP contribution in [0.5, 0.6) is 0 Å². The van der Waals surface area contributed by atoms with Gasteiger partial charge in [0.2, 0.25) is 5.91 Å². The number of unbranched alkanes of at least 4 members (excludes halogenated alkanes) is 2. The second kappa shape index (κ2) is 12.0. The standard InChI is InChI=1S/C20H39NO/c1-4-5-7-11-18(2)12-10-13-19(3)15-17-21-16-9-6-8-14-20(21)22/h18-19H,4-17H2,1-3H3. The second-order valence-electron chi connectivity index (χ2n) is 7.62. The Morgan fingerprint density at radius 1 is 0.909 bits per heavy atom. The van der Waals surface area contributed by atoms with Crippen molar-refractivity contribution in [2.75, 3.05) is 13.1 Å². The quantitative estimate of drug-likeness (QED) is 0.441. The van der Waals surface area contributed by atoms with Gasteiger partial charge in [-0.15, -0.1) is 0 Å². The molecule has 2 heteroatoms. The Labute approximate surface area is 139 Å². The summed E-state index contributed by atoms with van der Waals surface area (Å²) in [6, 6.07) is 0. The van der Waals surface area contributed by atoms with Crippen LogP contribution < -0.4 is 0 Å². The first-order valence-corrected chi connectivity index (χ1v) is 9.91. The van der Waals surface area contributed by atoms with Crippen LogP contribution in [0.15, 0.2) is 0 Å². The van der Waals surface area contributed by atoms with Crippen molar-refractivity contribution in [1.29, 1.82) is 0 Å². The molecule has 1 heterocycles. The number of carbonyl (C=O) groups is 1. The van der Waals surface area contributed by atoms with Gasteiger partial charge in [0.15, 0.2) is 0 Å². The normalized spacial score (nSPS) is 19.0. The maximum Gasteiger partial charge on any atom is 0.222 e. The van der Waals surface area contributed by atoms with Gasteiger partial charge >= 0.3 is 0 Å². The fourth-order valence-electron chi connectivity index (χ4n) is 3.50. The van der Waals surface area contributed by atoms with E-state index < -0.39 is 0 Å². The lowest BCUT2D eigenvalue weighted by Crippen LogP contribution is -2.32. The van der Waals surface area contributed by atoms with E-state index in [-0.39, 0.29) is 0 Å². The van der Waals surface area contributed by atoms with Gasteiger partial charge in [-0.1, -0.05) is 72.1 Å². The van der Waals surface area contributed by atoms with Crippen molar-refractivity contribution in [2.24, 2.45) is 11.8 Å². The number of amides is 1. The third-order valence-corrected chi connectivity index (χ3v) is 5.26. The van der Waals surface area contributed by atoms with E-state index in [1.807, 2.05) is 0 Å². The molecule has 0 saturated carbocycles. The zero-order chi connectivity index (χ0) is 16.2. The van der Waals surface area contributed by atoms with Gasteiger partial charge in [0.1, 0.15) is 0 Å². The molecule has 0 aromatic rings. The predicted molar refractivity (Wildman–Crippen MR) is 96.0 cm³/mol. The topological polar surface area (TPSA) is 20.3 Å². The lowest BCUT2D eigenvalue weighted by Gasteiger charge is -2.22. The van der Waals surface area contributed by atoms with E-state index >= 15 is 0 Å². The Morgan fingerprint density at radius 3 is 2.32 bits per heavy atom. The fraction of sp³-hybridized carbons (Fsp3) is 0.950. The van der Waals surface area contributed by atoms with Crippen LogP contribution in [0.25, 0.3) is 0 Å². The minimum atomic E-state index is 0.397. The average Bonchev–Trinajstić information content (AvgIpc) is 2.70. The lowest BCUT2D eigenvalue weighted by atomic mass is 9.93. The first-order chi connectivity index (χ1) is 10.6.